The molecule has 0 aliphatic carbocycles. The molecule has 1 N–H and O–H groups in total. The maximum absolute atomic E-state index is 11.4. The molecular formula is C8H10BrNO2. The van der Waals surface area contributed by atoms with Crippen LogP contribution in [0.5, 0.6) is 0 Å². The Labute approximate surface area is 78.8 Å². The highest BCUT2D eigenvalue weighted by molar-refractivity contribution is 9.10. The molecule has 1 heterocycles. The number of nitrogens with zero attached hydrogens (tertiary/aromatic N) is 1. The molecule has 0 aliphatic heterocycles. The molecule has 0 amide bonds. The van der Waals surface area contributed by atoms with Gasteiger partial charge in [0, 0.05) is 12.7 Å². The topological polar surface area (TPSA) is 42.2 Å². The minimum Gasteiger partial charge on any atom is -0.395 e. The molecule has 0 aliphatic rings. The quantitative estimate of drug-likeness (QED) is 0.823. The smallest absolute Gasteiger partial charge is 0.265 e. The molecule has 0 aromatic carbocycles. The van der Waals surface area contributed by atoms with Gasteiger partial charge in [0.2, 0.25) is 0 Å². The van der Waals surface area contributed by atoms with Crippen LogP contribution >= 0.6 is 15.9 Å². The minimum absolute atomic E-state index is 0.0184. The van der Waals surface area contributed by atoms with E-state index >= 15 is 0 Å². The summed E-state index contributed by atoms with van der Waals surface area (Å²) < 4.78 is 2.04. The van der Waals surface area contributed by atoms with Crippen molar-refractivity contribution in [1.82, 2.24) is 4.57 Å². The van der Waals surface area contributed by atoms with Crippen molar-refractivity contribution in [3.8, 4) is 0 Å². The Hall–Kier alpha value is -0.610. The summed E-state index contributed by atoms with van der Waals surface area (Å²) in [6.07, 6.45) is 1.68. The number of aryl methyl sites for hydroxylation is 1. The van der Waals surface area contributed by atoms with Gasteiger partial charge in [-0.1, -0.05) is 0 Å². The van der Waals surface area contributed by atoms with E-state index in [1.165, 1.54) is 4.57 Å². The van der Waals surface area contributed by atoms with Crippen molar-refractivity contribution >= 4 is 15.9 Å². The molecule has 0 bridgehead atoms. The highest BCUT2D eigenvalue weighted by Gasteiger charge is 2.02. The van der Waals surface area contributed by atoms with Crippen molar-refractivity contribution in [3.63, 3.8) is 0 Å². The summed E-state index contributed by atoms with van der Waals surface area (Å²) in [5.41, 5.74) is 0.818. The summed E-state index contributed by atoms with van der Waals surface area (Å²) in [5, 5.41) is 8.63. The Kier molecular flexibility index (Phi) is 3.05. The third-order valence-corrected chi connectivity index (χ3v) is 2.60. The van der Waals surface area contributed by atoms with Gasteiger partial charge in [0.05, 0.1) is 11.1 Å². The lowest BCUT2D eigenvalue weighted by molar-refractivity contribution is 0.274. The Morgan fingerprint density at radius 2 is 2.33 bits per heavy atom. The zero-order valence-electron chi connectivity index (χ0n) is 6.75. The van der Waals surface area contributed by atoms with Crippen LogP contribution in [-0.4, -0.2) is 16.3 Å². The second-order valence-corrected chi connectivity index (χ2v) is 3.33. The molecule has 0 saturated heterocycles. The fourth-order valence-electron chi connectivity index (χ4n) is 0.921. The van der Waals surface area contributed by atoms with E-state index in [1.807, 2.05) is 13.0 Å². The number of aromatic nitrogens is 1. The number of halogens is 1. The first-order chi connectivity index (χ1) is 5.66. The van der Waals surface area contributed by atoms with Gasteiger partial charge in [0.1, 0.15) is 0 Å². The largest absolute Gasteiger partial charge is 0.395 e. The Morgan fingerprint density at radius 3 is 2.92 bits per heavy atom. The van der Waals surface area contributed by atoms with E-state index in [-0.39, 0.29) is 12.2 Å². The van der Waals surface area contributed by atoms with E-state index in [0.29, 0.717) is 11.0 Å². The van der Waals surface area contributed by atoms with E-state index in [1.54, 1.807) is 6.20 Å². The number of pyridine rings is 1. The standard InChI is InChI=1S/C8H10BrNO2/c1-6-2-3-10(4-5-11)8(12)7(6)9/h2-3,11H,4-5H2,1H3. The van der Waals surface area contributed by atoms with E-state index < -0.39 is 0 Å². The summed E-state index contributed by atoms with van der Waals surface area (Å²) in [5.74, 6) is 0. The van der Waals surface area contributed by atoms with Crippen LogP contribution in [0.25, 0.3) is 0 Å². The van der Waals surface area contributed by atoms with Crippen LogP contribution in [0.1, 0.15) is 5.56 Å². The van der Waals surface area contributed by atoms with Crippen molar-refractivity contribution in [2.24, 2.45) is 0 Å². The molecule has 0 fully saturated rings. The Balaban J connectivity index is 3.18. The lowest BCUT2D eigenvalue weighted by Crippen LogP contribution is -2.22. The number of aliphatic hydroxyl groups excluding tert-OH is 1. The average molecular weight is 232 g/mol. The predicted octanol–water partition coefficient (Wildman–Crippen LogP) is 0.912. The minimum atomic E-state index is -0.0935. The highest BCUT2D eigenvalue weighted by atomic mass is 79.9. The average Bonchev–Trinajstić information content (AvgIpc) is 2.07. The van der Waals surface area contributed by atoms with Crippen LogP contribution in [0, 0.1) is 6.92 Å². The first-order valence-corrected chi connectivity index (χ1v) is 4.42. The molecule has 0 unspecified atom stereocenters. The second-order valence-electron chi connectivity index (χ2n) is 2.53. The number of hydrogen-bond donors (Lipinski definition) is 1. The molecule has 1 aromatic heterocycles. The summed E-state index contributed by atoms with van der Waals surface area (Å²) in [4.78, 5) is 11.4. The fourth-order valence-corrected chi connectivity index (χ4v) is 1.28. The van der Waals surface area contributed by atoms with Gasteiger partial charge in [-0.2, -0.15) is 0 Å². The van der Waals surface area contributed by atoms with Gasteiger partial charge in [-0.05, 0) is 34.5 Å². The van der Waals surface area contributed by atoms with Crippen LogP contribution in [0.2, 0.25) is 0 Å². The van der Waals surface area contributed by atoms with Crippen LogP contribution in [0.3, 0.4) is 0 Å². The first kappa shape index (κ1) is 9.48. The Morgan fingerprint density at radius 1 is 1.67 bits per heavy atom. The molecule has 0 atom stereocenters. The monoisotopic (exact) mass is 231 g/mol. The van der Waals surface area contributed by atoms with E-state index in [9.17, 15) is 4.79 Å². The van der Waals surface area contributed by atoms with Crippen molar-refractivity contribution in [3.05, 3.63) is 32.7 Å². The lowest BCUT2D eigenvalue weighted by atomic mass is 10.3. The zero-order chi connectivity index (χ0) is 9.14. The third kappa shape index (κ3) is 1.76. The third-order valence-electron chi connectivity index (χ3n) is 1.64. The van der Waals surface area contributed by atoms with Crippen molar-refractivity contribution in [2.75, 3.05) is 6.61 Å². The lowest BCUT2D eigenvalue weighted by Gasteiger charge is -2.04. The van der Waals surface area contributed by atoms with Gasteiger partial charge < -0.3 is 9.67 Å². The maximum Gasteiger partial charge on any atom is 0.265 e. The second kappa shape index (κ2) is 3.87. The van der Waals surface area contributed by atoms with Gasteiger partial charge in [0.15, 0.2) is 0 Å². The highest BCUT2D eigenvalue weighted by Crippen LogP contribution is 2.08. The molecule has 66 valence electrons. The van der Waals surface area contributed by atoms with Gasteiger partial charge in [-0.3, -0.25) is 4.79 Å². The predicted molar refractivity (Wildman–Crippen MR) is 50.2 cm³/mol. The maximum atomic E-state index is 11.4. The Bertz CT molecular complexity index is 332. The van der Waals surface area contributed by atoms with E-state index in [0.717, 1.165) is 5.56 Å². The van der Waals surface area contributed by atoms with Crippen LogP contribution in [0.15, 0.2) is 21.5 Å². The summed E-state index contributed by atoms with van der Waals surface area (Å²) in [6, 6.07) is 1.83. The molecule has 1 aromatic rings. The first-order valence-electron chi connectivity index (χ1n) is 3.63. The van der Waals surface area contributed by atoms with Crippen LogP contribution in [-0.2, 0) is 6.54 Å². The summed E-state index contributed by atoms with van der Waals surface area (Å²) in [6.45, 7) is 2.18. The van der Waals surface area contributed by atoms with Crippen molar-refractivity contribution < 1.29 is 5.11 Å². The van der Waals surface area contributed by atoms with Gasteiger partial charge in [-0.15, -0.1) is 0 Å². The van der Waals surface area contributed by atoms with Crippen molar-refractivity contribution in [1.29, 1.82) is 0 Å². The summed E-state index contributed by atoms with van der Waals surface area (Å²) in [7, 11) is 0. The van der Waals surface area contributed by atoms with Crippen molar-refractivity contribution in [2.45, 2.75) is 13.5 Å². The summed E-state index contributed by atoms with van der Waals surface area (Å²) >= 11 is 3.18. The molecule has 12 heavy (non-hydrogen) atoms. The molecular weight excluding hydrogens is 222 g/mol. The molecule has 0 radical (unpaired) electrons. The number of aliphatic hydroxyl groups is 1. The SMILES string of the molecule is Cc1ccn(CCO)c(=O)c1Br. The van der Waals surface area contributed by atoms with Gasteiger partial charge in [0.25, 0.3) is 5.56 Å². The number of hydrogen-bond acceptors (Lipinski definition) is 2. The van der Waals surface area contributed by atoms with Crippen LogP contribution in [0.4, 0.5) is 0 Å². The number of rotatable bonds is 2. The van der Waals surface area contributed by atoms with E-state index in [2.05, 4.69) is 15.9 Å². The van der Waals surface area contributed by atoms with Gasteiger partial charge >= 0.3 is 0 Å². The molecule has 1 rings (SSSR count). The molecule has 3 nitrogen and oxygen atoms in total. The molecule has 4 heteroatoms. The normalized spacial score (nSPS) is 10.2. The van der Waals surface area contributed by atoms with Crippen LogP contribution < -0.4 is 5.56 Å². The molecule has 0 spiro atoms. The van der Waals surface area contributed by atoms with E-state index in [4.69, 9.17) is 5.11 Å². The fraction of sp³-hybridized carbons (Fsp3) is 0.375. The van der Waals surface area contributed by atoms with Gasteiger partial charge in [-0.25, -0.2) is 0 Å². The zero-order valence-corrected chi connectivity index (χ0v) is 8.34. The molecule has 0 saturated carbocycles.